The highest BCUT2D eigenvalue weighted by Gasteiger charge is 2.18. The molecule has 5 nitrogen and oxygen atoms in total. The van der Waals surface area contributed by atoms with Gasteiger partial charge in [0.05, 0.1) is 12.9 Å². The maximum absolute atomic E-state index is 12.3. The molecular formula is C18H24N2O3S. The van der Waals surface area contributed by atoms with Crippen molar-refractivity contribution in [2.24, 2.45) is 0 Å². The molecule has 1 N–H and O–H groups in total. The maximum atomic E-state index is 12.3. The molecule has 0 aliphatic carbocycles. The molecule has 0 amide bonds. The van der Waals surface area contributed by atoms with Gasteiger partial charge in [-0.3, -0.25) is 0 Å². The third-order valence-electron chi connectivity index (χ3n) is 3.82. The molecule has 0 saturated heterocycles. The molecule has 130 valence electrons. The lowest BCUT2D eigenvalue weighted by molar-refractivity contribution is 0.299. The van der Waals surface area contributed by atoms with E-state index >= 15 is 0 Å². The largest absolute Gasteiger partial charge is 0.497 e. The number of nitrogens with one attached hydrogen (secondary N) is 1. The Morgan fingerprint density at radius 3 is 2.21 bits per heavy atom. The van der Waals surface area contributed by atoms with Crippen molar-refractivity contribution >= 4 is 10.0 Å². The lowest BCUT2D eigenvalue weighted by Gasteiger charge is -2.25. The average molecular weight is 348 g/mol. The van der Waals surface area contributed by atoms with Gasteiger partial charge in [-0.1, -0.05) is 42.5 Å². The van der Waals surface area contributed by atoms with Crippen LogP contribution in [0, 0.1) is 0 Å². The molecule has 0 aliphatic rings. The SMILES string of the molecule is COc1ccc(C(CNS(=O)(=O)Cc2ccccc2)N(C)C)cc1. The first-order valence-electron chi connectivity index (χ1n) is 7.73. The second-order valence-corrected chi connectivity index (χ2v) is 7.65. The zero-order valence-corrected chi connectivity index (χ0v) is 15.1. The molecule has 0 aromatic heterocycles. The molecule has 2 rings (SSSR count). The van der Waals surface area contributed by atoms with Gasteiger partial charge in [0.1, 0.15) is 5.75 Å². The van der Waals surface area contributed by atoms with Gasteiger partial charge in [0.2, 0.25) is 10.0 Å². The van der Waals surface area contributed by atoms with Crippen LogP contribution in [-0.2, 0) is 15.8 Å². The first-order valence-corrected chi connectivity index (χ1v) is 9.38. The summed E-state index contributed by atoms with van der Waals surface area (Å²) in [5, 5.41) is 0. The van der Waals surface area contributed by atoms with Crippen LogP contribution in [0.5, 0.6) is 5.75 Å². The van der Waals surface area contributed by atoms with E-state index in [4.69, 9.17) is 4.74 Å². The van der Waals surface area contributed by atoms with Crippen LogP contribution in [0.15, 0.2) is 54.6 Å². The van der Waals surface area contributed by atoms with Crippen LogP contribution >= 0.6 is 0 Å². The Morgan fingerprint density at radius 2 is 1.67 bits per heavy atom. The predicted molar refractivity (Wildman–Crippen MR) is 96.5 cm³/mol. The van der Waals surface area contributed by atoms with Gasteiger partial charge in [0.15, 0.2) is 0 Å². The lowest BCUT2D eigenvalue weighted by atomic mass is 10.1. The Morgan fingerprint density at radius 1 is 1.04 bits per heavy atom. The molecule has 0 fully saturated rings. The summed E-state index contributed by atoms with van der Waals surface area (Å²) in [6, 6.07) is 16.8. The molecule has 1 atom stereocenters. The van der Waals surface area contributed by atoms with Crippen molar-refractivity contribution < 1.29 is 13.2 Å². The summed E-state index contributed by atoms with van der Waals surface area (Å²) in [7, 11) is 2.10. The van der Waals surface area contributed by atoms with E-state index in [-0.39, 0.29) is 11.8 Å². The smallest absolute Gasteiger partial charge is 0.215 e. The zero-order chi connectivity index (χ0) is 17.6. The van der Waals surface area contributed by atoms with Crippen LogP contribution < -0.4 is 9.46 Å². The van der Waals surface area contributed by atoms with E-state index in [0.717, 1.165) is 16.9 Å². The third-order valence-corrected chi connectivity index (χ3v) is 5.14. The predicted octanol–water partition coefficient (Wildman–Crippen LogP) is 2.42. The van der Waals surface area contributed by atoms with Crippen molar-refractivity contribution in [3.05, 3.63) is 65.7 Å². The number of rotatable bonds is 8. The van der Waals surface area contributed by atoms with E-state index in [2.05, 4.69) is 4.72 Å². The van der Waals surface area contributed by atoms with Gasteiger partial charge in [-0.15, -0.1) is 0 Å². The average Bonchev–Trinajstić information content (AvgIpc) is 2.55. The molecule has 0 heterocycles. The number of methoxy groups -OCH3 is 1. The maximum Gasteiger partial charge on any atom is 0.215 e. The highest BCUT2D eigenvalue weighted by atomic mass is 32.2. The molecule has 2 aromatic carbocycles. The molecule has 1 unspecified atom stereocenters. The Hall–Kier alpha value is -1.89. The standard InChI is InChI=1S/C18H24N2O3S/c1-20(2)18(16-9-11-17(23-3)12-10-16)13-19-24(21,22)14-15-7-5-4-6-8-15/h4-12,18-19H,13-14H2,1-3H3. The van der Waals surface area contributed by atoms with Crippen LogP contribution in [0.2, 0.25) is 0 Å². The molecular weight excluding hydrogens is 324 g/mol. The number of hydrogen-bond acceptors (Lipinski definition) is 4. The number of benzene rings is 2. The molecule has 6 heteroatoms. The summed E-state index contributed by atoms with van der Waals surface area (Å²) < 4.78 is 32.5. The van der Waals surface area contributed by atoms with Crippen molar-refractivity contribution in [3.63, 3.8) is 0 Å². The summed E-state index contributed by atoms with van der Waals surface area (Å²) in [6.07, 6.45) is 0. The van der Waals surface area contributed by atoms with E-state index in [1.54, 1.807) is 7.11 Å². The molecule has 0 spiro atoms. The van der Waals surface area contributed by atoms with Gasteiger partial charge in [-0.05, 0) is 37.4 Å². The van der Waals surface area contributed by atoms with Gasteiger partial charge in [-0.25, -0.2) is 13.1 Å². The summed E-state index contributed by atoms with van der Waals surface area (Å²) >= 11 is 0. The summed E-state index contributed by atoms with van der Waals surface area (Å²) in [4.78, 5) is 1.99. The number of ether oxygens (including phenoxy) is 1. The van der Waals surface area contributed by atoms with Crippen molar-refractivity contribution in [3.8, 4) is 5.75 Å². The van der Waals surface area contributed by atoms with Crippen molar-refractivity contribution in [2.45, 2.75) is 11.8 Å². The van der Waals surface area contributed by atoms with Gasteiger partial charge >= 0.3 is 0 Å². The number of hydrogen-bond donors (Lipinski definition) is 1. The first-order chi connectivity index (χ1) is 11.4. The van der Waals surface area contributed by atoms with Crippen LogP contribution in [0.1, 0.15) is 17.2 Å². The molecule has 0 saturated carbocycles. The Bertz CT molecular complexity index is 729. The van der Waals surface area contributed by atoms with Crippen molar-refractivity contribution in [1.82, 2.24) is 9.62 Å². The van der Waals surface area contributed by atoms with Crippen molar-refractivity contribution in [2.75, 3.05) is 27.7 Å². The fourth-order valence-electron chi connectivity index (χ4n) is 2.48. The number of sulfonamides is 1. The van der Waals surface area contributed by atoms with E-state index in [1.165, 1.54) is 0 Å². The van der Waals surface area contributed by atoms with Gasteiger partial charge in [0.25, 0.3) is 0 Å². The van der Waals surface area contributed by atoms with E-state index < -0.39 is 10.0 Å². The summed E-state index contributed by atoms with van der Waals surface area (Å²) in [5.41, 5.74) is 1.80. The van der Waals surface area contributed by atoms with Crippen LogP contribution in [0.4, 0.5) is 0 Å². The second-order valence-electron chi connectivity index (χ2n) is 5.85. The fourth-order valence-corrected chi connectivity index (χ4v) is 3.62. The lowest BCUT2D eigenvalue weighted by Crippen LogP contribution is -2.35. The number of nitrogens with zero attached hydrogens (tertiary/aromatic N) is 1. The second kappa shape index (κ2) is 8.28. The molecule has 2 aromatic rings. The topological polar surface area (TPSA) is 58.6 Å². The van der Waals surface area contributed by atoms with Crippen LogP contribution in [0.25, 0.3) is 0 Å². The minimum absolute atomic E-state index is 0.0173. The molecule has 0 radical (unpaired) electrons. The Labute approximate surface area is 144 Å². The fraction of sp³-hybridized carbons (Fsp3) is 0.333. The Balaban J connectivity index is 2.05. The van der Waals surface area contributed by atoms with E-state index in [9.17, 15) is 8.42 Å². The molecule has 24 heavy (non-hydrogen) atoms. The molecule has 0 bridgehead atoms. The zero-order valence-electron chi connectivity index (χ0n) is 14.3. The minimum Gasteiger partial charge on any atom is -0.497 e. The van der Waals surface area contributed by atoms with E-state index in [1.807, 2.05) is 73.6 Å². The highest BCUT2D eigenvalue weighted by Crippen LogP contribution is 2.21. The quantitative estimate of drug-likeness (QED) is 0.796. The number of likely N-dealkylation sites (N-methyl/N-ethyl adjacent to an activating group) is 1. The van der Waals surface area contributed by atoms with Gasteiger partial charge < -0.3 is 9.64 Å². The normalized spacial score (nSPS) is 13.0. The van der Waals surface area contributed by atoms with E-state index in [0.29, 0.717) is 6.54 Å². The monoisotopic (exact) mass is 348 g/mol. The van der Waals surface area contributed by atoms with Gasteiger partial charge in [-0.2, -0.15) is 0 Å². The third kappa shape index (κ3) is 5.33. The van der Waals surface area contributed by atoms with Gasteiger partial charge in [0, 0.05) is 12.6 Å². The van der Waals surface area contributed by atoms with Crippen LogP contribution in [0.3, 0.4) is 0 Å². The molecule has 0 aliphatic heterocycles. The highest BCUT2D eigenvalue weighted by molar-refractivity contribution is 7.88. The van der Waals surface area contributed by atoms with Crippen LogP contribution in [-0.4, -0.2) is 41.1 Å². The summed E-state index contributed by atoms with van der Waals surface area (Å²) in [5.74, 6) is 0.761. The van der Waals surface area contributed by atoms with Crippen molar-refractivity contribution in [1.29, 1.82) is 0 Å². The first kappa shape index (κ1) is 18.4. The summed E-state index contributed by atoms with van der Waals surface area (Å²) in [6.45, 7) is 0.314. The Kier molecular flexibility index (Phi) is 6.36. The minimum atomic E-state index is -3.39.